The Morgan fingerprint density at radius 1 is 1.37 bits per heavy atom. The molecular weight excluding hydrogens is 267 g/mol. The van der Waals surface area contributed by atoms with Gasteiger partial charge in [0.1, 0.15) is 5.82 Å². The third-order valence-electron chi connectivity index (χ3n) is 2.53. The molecule has 0 saturated carbocycles. The topological polar surface area (TPSA) is 38.1 Å². The maximum Gasteiger partial charge on any atom is 0.208 e. The molecule has 0 unspecified atom stereocenters. The zero-order valence-corrected chi connectivity index (χ0v) is 11.9. The summed E-state index contributed by atoms with van der Waals surface area (Å²) in [7, 11) is 0. The van der Waals surface area contributed by atoms with Gasteiger partial charge in [0.2, 0.25) is 5.89 Å². The molecule has 2 rings (SSSR count). The van der Waals surface area contributed by atoms with E-state index in [4.69, 9.17) is 16.0 Å². The van der Waals surface area contributed by atoms with Crippen LogP contribution in [-0.2, 0) is 6.54 Å². The molecule has 0 bridgehead atoms. The van der Waals surface area contributed by atoms with Crippen LogP contribution in [0.2, 0.25) is 5.02 Å². The highest BCUT2D eigenvalue weighted by Gasteiger charge is 2.16. The summed E-state index contributed by atoms with van der Waals surface area (Å²) in [5.74, 6) is 0.428. The fraction of sp³-hybridized carbons (Fsp3) is 0.357. The van der Waals surface area contributed by atoms with Crippen molar-refractivity contribution < 1.29 is 8.81 Å². The molecule has 1 aromatic carbocycles. The van der Waals surface area contributed by atoms with Crippen LogP contribution >= 0.6 is 11.6 Å². The Kier molecular flexibility index (Phi) is 3.92. The first-order chi connectivity index (χ1) is 8.87. The zero-order valence-electron chi connectivity index (χ0n) is 11.1. The highest BCUT2D eigenvalue weighted by molar-refractivity contribution is 6.33. The van der Waals surface area contributed by atoms with Crippen LogP contribution in [-0.4, -0.2) is 10.5 Å². The second-order valence-corrected chi connectivity index (χ2v) is 5.73. The monoisotopic (exact) mass is 282 g/mol. The third kappa shape index (κ3) is 3.55. The Hall–Kier alpha value is -1.39. The number of nitrogens with one attached hydrogen (secondary N) is 1. The first-order valence-electron chi connectivity index (χ1n) is 6.01. The van der Waals surface area contributed by atoms with Gasteiger partial charge < -0.3 is 9.73 Å². The molecule has 1 N–H and O–H groups in total. The van der Waals surface area contributed by atoms with Crippen LogP contribution in [0.15, 0.2) is 28.8 Å². The lowest BCUT2D eigenvalue weighted by Crippen LogP contribution is -2.35. The molecule has 0 aliphatic carbocycles. The second-order valence-electron chi connectivity index (χ2n) is 5.32. The summed E-state index contributed by atoms with van der Waals surface area (Å²) in [6.45, 7) is 6.62. The molecule has 19 heavy (non-hydrogen) atoms. The van der Waals surface area contributed by atoms with Gasteiger partial charge >= 0.3 is 0 Å². The Balaban J connectivity index is 2.22. The molecule has 102 valence electrons. The van der Waals surface area contributed by atoms with E-state index in [1.165, 1.54) is 12.3 Å². The number of nitrogens with zero attached hydrogens (tertiary/aromatic N) is 1. The van der Waals surface area contributed by atoms with Crippen molar-refractivity contribution in [2.24, 2.45) is 0 Å². The van der Waals surface area contributed by atoms with E-state index < -0.39 is 5.82 Å². The van der Waals surface area contributed by atoms with Gasteiger partial charge in [0, 0.05) is 5.54 Å². The van der Waals surface area contributed by atoms with Crippen molar-refractivity contribution in [2.75, 3.05) is 0 Å². The van der Waals surface area contributed by atoms with Gasteiger partial charge in [0.15, 0.2) is 5.76 Å². The normalized spacial score (nSPS) is 11.8. The predicted molar refractivity (Wildman–Crippen MR) is 73.5 cm³/mol. The highest BCUT2D eigenvalue weighted by atomic mass is 35.5. The quantitative estimate of drug-likeness (QED) is 0.924. The molecule has 3 nitrogen and oxygen atoms in total. The average Bonchev–Trinajstić information content (AvgIpc) is 2.74. The van der Waals surface area contributed by atoms with Gasteiger partial charge in [0.05, 0.1) is 23.3 Å². The lowest BCUT2D eigenvalue weighted by atomic mass is 10.1. The standard InChI is InChI=1S/C14H16ClFN2O/c1-14(2,3)18-8-12-17-7-11(19-12)13-9(15)5-4-6-10(13)16/h4-7,18H,8H2,1-3H3. The molecule has 1 aromatic heterocycles. The van der Waals surface area contributed by atoms with Crippen molar-refractivity contribution in [3.8, 4) is 11.3 Å². The van der Waals surface area contributed by atoms with Crippen LogP contribution in [0.3, 0.4) is 0 Å². The van der Waals surface area contributed by atoms with Crippen LogP contribution < -0.4 is 5.32 Å². The average molecular weight is 283 g/mol. The molecule has 1 heterocycles. The molecular formula is C14H16ClFN2O. The summed E-state index contributed by atoms with van der Waals surface area (Å²) in [5, 5.41) is 3.56. The minimum absolute atomic E-state index is 0.0374. The Morgan fingerprint density at radius 3 is 2.74 bits per heavy atom. The van der Waals surface area contributed by atoms with E-state index in [1.807, 2.05) is 20.8 Å². The maximum atomic E-state index is 13.7. The highest BCUT2D eigenvalue weighted by Crippen LogP contribution is 2.30. The molecule has 0 aliphatic rings. The van der Waals surface area contributed by atoms with Gasteiger partial charge in [-0.2, -0.15) is 0 Å². The molecule has 0 spiro atoms. The number of oxazole rings is 1. The summed E-state index contributed by atoms with van der Waals surface area (Å²) in [6, 6.07) is 4.52. The molecule has 0 amide bonds. The van der Waals surface area contributed by atoms with Gasteiger partial charge in [0.25, 0.3) is 0 Å². The van der Waals surface area contributed by atoms with Gasteiger partial charge in [-0.1, -0.05) is 17.7 Å². The van der Waals surface area contributed by atoms with E-state index in [2.05, 4.69) is 10.3 Å². The molecule has 0 fully saturated rings. The molecule has 0 radical (unpaired) electrons. The number of rotatable bonds is 3. The maximum absolute atomic E-state index is 13.7. The number of benzene rings is 1. The van der Waals surface area contributed by atoms with E-state index in [1.54, 1.807) is 12.1 Å². The number of hydrogen-bond acceptors (Lipinski definition) is 3. The van der Waals surface area contributed by atoms with Crippen LogP contribution in [0.1, 0.15) is 26.7 Å². The van der Waals surface area contributed by atoms with Crippen molar-refractivity contribution in [1.29, 1.82) is 0 Å². The van der Waals surface area contributed by atoms with E-state index in [-0.39, 0.29) is 11.1 Å². The SMILES string of the molecule is CC(C)(C)NCc1ncc(-c2c(F)cccc2Cl)o1. The van der Waals surface area contributed by atoms with Crippen LogP contribution in [0.5, 0.6) is 0 Å². The first kappa shape index (κ1) is 14.0. The van der Waals surface area contributed by atoms with E-state index >= 15 is 0 Å². The lowest BCUT2D eigenvalue weighted by molar-refractivity contribution is 0.383. The fourth-order valence-electron chi connectivity index (χ4n) is 1.58. The summed E-state index contributed by atoms with van der Waals surface area (Å²) < 4.78 is 19.3. The summed E-state index contributed by atoms with van der Waals surface area (Å²) in [5.41, 5.74) is 0.211. The van der Waals surface area contributed by atoms with Gasteiger partial charge in [-0.05, 0) is 32.9 Å². The molecule has 0 saturated heterocycles. The fourth-order valence-corrected chi connectivity index (χ4v) is 1.84. The van der Waals surface area contributed by atoms with E-state index in [0.717, 1.165) is 0 Å². The van der Waals surface area contributed by atoms with Crippen LogP contribution in [0.25, 0.3) is 11.3 Å². The third-order valence-corrected chi connectivity index (χ3v) is 2.85. The lowest BCUT2D eigenvalue weighted by Gasteiger charge is -2.18. The number of hydrogen-bond donors (Lipinski definition) is 1. The molecule has 2 aromatic rings. The number of aromatic nitrogens is 1. The van der Waals surface area contributed by atoms with Crippen molar-refractivity contribution in [2.45, 2.75) is 32.9 Å². The summed E-state index contributed by atoms with van der Waals surface area (Å²) in [6.07, 6.45) is 1.49. The Bertz CT molecular complexity index is 555. The molecule has 0 aliphatic heterocycles. The van der Waals surface area contributed by atoms with Gasteiger partial charge in [-0.15, -0.1) is 0 Å². The summed E-state index contributed by atoms with van der Waals surface area (Å²) >= 11 is 5.98. The van der Waals surface area contributed by atoms with Gasteiger partial charge in [-0.3, -0.25) is 0 Å². The Morgan fingerprint density at radius 2 is 2.11 bits per heavy atom. The first-order valence-corrected chi connectivity index (χ1v) is 6.39. The van der Waals surface area contributed by atoms with Crippen LogP contribution in [0, 0.1) is 5.82 Å². The summed E-state index contributed by atoms with van der Waals surface area (Å²) in [4.78, 5) is 4.12. The minimum Gasteiger partial charge on any atom is -0.439 e. The van der Waals surface area contributed by atoms with Crippen molar-refractivity contribution >= 4 is 11.6 Å². The van der Waals surface area contributed by atoms with E-state index in [0.29, 0.717) is 23.2 Å². The molecule has 0 atom stereocenters. The van der Waals surface area contributed by atoms with Crippen LogP contribution in [0.4, 0.5) is 4.39 Å². The van der Waals surface area contributed by atoms with Crippen molar-refractivity contribution in [1.82, 2.24) is 10.3 Å². The van der Waals surface area contributed by atoms with Crippen molar-refractivity contribution in [3.05, 3.63) is 41.1 Å². The predicted octanol–water partition coefficient (Wildman–Crippen LogP) is 4.02. The minimum atomic E-state index is -0.418. The molecule has 5 heteroatoms. The second kappa shape index (κ2) is 5.31. The van der Waals surface area contributed by atoms with Gasteiger partial charge in [-0.25, -0.2) is 9.37 Å². The zero-order chi connectivity index (χ0) is 14.0. The Labute approximate surface area is 116 Å². The smallest absolute Gasteiger partial charge is 0.208 e. The van der Waals surface area contributed by atoms with E-state index in [9.17, 15) is 4.39 Å². The largest absolute Gasteiger partial charge is 0.439 e. The number of halogens is 2. The van der Waals surface area contributed by atoms with Crippen molar-refractivity contribution in [3.63, 3.8) is 0 Å².